The molecule has 0 saturated carbocycles. The lowest BCUT2D eigenvalue weighted by atomic mass is 10.1. The molecule has 2 amide bonds. The molecule has 1 aliphatic rings. The van der Waals surface area contributed by atoms with Crippen molar-refractivity contribution in [3.8, 4) is 0 Å². The fourth-order valence-electron chi connectivity index (χ4n) is 2.65. The highest BCUT2D eigenvalue weighted by Crippen LogP contribution is 2.35. The molecule has 3 rings (SSSR count). The van der Waals surface area contributed by atoms with Crippen molar-refractivity contribution in [1.82, 2.24) is 0 Å². The van der Waals surface area contributed by atoms with E-state index < -0.39 is 39.3 Å². The van der Waals surface area contributed by atoms with E-state index in [4.69, 9.17) is 23.2 Å². The molecule has 1 saturated heterocycles. The first-order chi connectivity index (χ1) is 13.4. The quantitative estimate of drug-likeness (QED) is 0.729. The Morgan fingerprint density at radius 2 is 1.72 bits per heavy atom. The zero-order valence-corrected chi connectivity index (χ0v) is 16.6. The molecule has 2 aromatic carbocycles. The zero-order valence-electron chi connectivity index (χ0n) is 14.3. The number of sulfonamides is 1. The summed E-state index contributed by atoms with van der Waals surface area (Å²) >= 11 is 11.9. The van der Waals surface area contributed by atoms with Crippen molar-refractivity contribution in [1.29, 1.82) is 0 Å². The van der Waals surface area contributed by atoms with Gasteiger partial charge in [0.2, 0.25) is 15.9 Å². The second kappa shape index (κ2) is 7.51. The van der Waals surface area contributed by atoms with Crippen LogP contribution in [0, 0.1) is 0 Å². The second-order valence-corrected chi connectivity index (χ2v) is 8.79. The summed E-state index contributed by atoms with van der Waals surface area (Å²) in [6.07, 6.45) is -4.86. The van der Waals surface area contributed by atoms with E-state index in [1.54, 1.807) is 0 Å². The summed E-state index contributed by atoms with van der Waals surface area (Å²) in [4.78, 5) is 24.5. The molecule has 0 unspecified atom stereocenters. The Hall–Kier alpha value is -2.30. The Bertz CT molecular complexity index is 1120. The van der Waals surface area contributed by atoms with E-state index in [2.05, 4.69) is 5.32 Å². The van der Waals surface area contributed by atoms with Gasteiger partial charge in [0.05, 0.1) is 32.7 Å². The summed E-state index contributed by atoms with van der Waals surface area (Å²) in [5.41, 5.74) is -1.64. The molecule has 6 nitrogen and oxygen atoms in total. The average Bonchev–Trinajstić information content (AvgIpc) is 2.89. The van der Waals surface area contributed by atoms with E-state index >= 15 is 0 Å². The molecule has 2 aromatic rings. The van der Waals surface area contributed by atoms with Gasteiger partial charge in [-0.25, -0.2) is 12.7 Å². The maximum Gasteiger partial charge on any atom is 0.416 e. The van der Waals surface area contributed by atoms with Gasteiger partial charge in [-0.2, -0.15) is 13.2 Å². The van der Waals surface area contributed by atoms with Crippen LogP contribution < -0.4 is 9.62 Å². The predicted molar refractivity (Wildman–Crippen MR) is 102 cm³/mol. The number of carbonyl (C=O) groups is 2. The van der Waals surface area contributed by atoms with Crippen LogP contribution in [-0.4, -0.2) is 26.0 Å². The molecule has 0 radical (unpaired) electrons. The van der Waals surface area contributed by atoms with Crippen LogP contribution in [0.1, 0.15) is 22.3 Å². The van der Waals surface area contributed by atoms with Crippen LogP contribution in [0.3, 0.4) is 0 Å². The molecular weight excluding hydrogens is 456 g/mol. The lowest BCUT2D eigenvalue weighted by molar-refractivity contribution is -0.137. The molecule has 1 aliphatic heterocycles. The van der Waals surface area contributed by atoms with Crippen LogP contribution in [0.25, 0.3) is 0 Å². The van der Waals surface area contributed by atoms with Crippen molar-refractivity contribution in [3.05, 3.63) is 57.6 Å². The number of hydrogen-bond acceptors (Lipinski definition) is 4. The third-order valence-electron chi connectivity index (χ3n) is 4.05. The van der Waals surface area contributed by atoms with Crippen LogP contribution in [0.5, 0.6) is 0 Å². The van der Waals surface area contributed by atoms with Crippen molar-refractivity contribution in [2.45, 2.75) is 12.6 Å². The number of hydrogen-bond donors (Lipinski definition) is 1. The van der Waals surface area contributed by atoms with Gasteiger partial charge in [-0.3, -0.25) is 9.59 Å². The molecular formula is C17H11Cl2F3N2O4S. The van der Waals surface area contributed by atoms with E-state index in [-0.39, 0.29) is 33.4 Å². The number of nitrogens with zero attached hydrogens (tertiary/aromatic N) is 1. The molecule has 1 heterocycles. The Kier molecular flexibility index (Phi) is 5.54. The number of halogens is 5. The molecule has 29 heavy (non-hydrogen) atoms. The monoisotopic (exact) mass is 466 g/mol. The predicted octanol–water partition coefficient (Wildman–Crippen LogP) is 4.33. The molecule has 0 atom stereocenters. The highest BCUT2D eigenvalue weighted by molar-refractivity contribution is 7.94. The molecule has 0 aliphatic carbocycles. The topological polar surface area (TPSA) is 83.6 Å². The van der Waals surface area contributed by atoms with E-state index in [1.807, 2.05) is 0 Å². The minimum atomic E-state index is -4.64. The first kappa shape index (κ1) is 21.4. The summed E-state index contributed by atoms with van der Waals surface area (Å²) in [5.74, 6) is -1.96. The van der Waals surface area contributed by atoms with Crippen LogP contribution in [0.15, 0.2) is 36.4 Å². The third-order valence-corrected chi connectivity index (χ3v) is 6.37. The molecule has 154 valence electrons. The number of amides is 2. The minimum Gasteiger partial charge on any atom is -0.321 e. The van der Waals surface area contributed by atoms with E-state index in [0.29, 0.717) is 10.4 Å². The van der Waals surface area contributed by atoms with Crippen LogP contribution >= 0.6 is 23.2 Å². The van der Waals surface area contributed by atoms with Crippen molar-refractivity contribution >= 4 is 56.4 Å². The first-order valence-electron chi connectivity index (χ1n) is 7.93. The maximum atomic E-state index is 12.9. The van der Waals surface area contributed by atoms with Crippen LogP contribution in [-0.2, 0) is 21.0 Å². The van der Waals surface area contributed by atoms with Gasteiger partial charge in [-0.05, 0) is 36.4 Å². The maximum absolute atomic E-state index is 12.9. The smallest absolute Gasteiger partial charge is 0.321 e. The number of carbonyl (C=O) groups excluding carboxylic acids is 2. The van der Waals surface area contributed by atoms with Gasteiger partial charge < -0.3 is 5.32 Å². The van der Waals surface area contributed by atoms with Gasteiger partial charge in [0, 0.05) is 12.0 Å². The number of rotatable bonds is 3. The van der Waals surface area contributed by atoms with Gasteiger partial charge in [0.15, 0.2) is 0 Å². The largest absolute Gasteiger partial charge is 0.416 e. The second-order valence-electron chi connectivity index (χ2n) is 6.04. The van der Waals surface area contributed by atoms with E-state index in [1.165, 1.54) is 12.1 Å². The normalized spacial score (nSPS) is 16.2. The molecule has 12 heteroatoms. The fraction of sp³-hybridized carbons (Fsp3) is 0.176. The van der Waals surface area contributed by atoms with Crippen LogP contribution in [0.4, 0.5) is 24.5 Å². The lowest BCUT2D eigenvalue weighted by Gasteiger charge is -2.17. The first-order valence-corrected chi connectivity index (χ1v) is 10.3. The molecule has 0 aromatic heterocycles. The molecule has 0 spiro atoms. The Labute approximate surface area is 173 Å². The van der Waals surface area contributed by atoms with Gasteiger partial charge in [0.1, 0.15) is 0 Å². The van der Waals surface area contributed by atoms with Gasteiger partial charge in [0.25, 0.3) is 5.91 Å². The van der Waals surface area contributed by atoms with Crippen molar-refractivity contribution < 1.29 is 31.2 Å². The molecule has 0 bridgehead atoms. The van der Waals surface area contributed by atoms with Crippen LogP contribution in [0.2, 0.25) is 10.0 Å². The van der Waals surface area contributed by atoms with E-state index in [9.17, 15) is 31.2 Å². The van der Waals surface area contributed by atoms with Crippen molar-refractivity contribution in [2.24, 2.45) is 0 Å². The highest BCUT2D eigenvalue weighted by atomic mass is 35.5. The third kappa shape index (κ3) is 4.34. The fourth-order valence-corrected chi connectivity index (χ4v) is 4.53. The number of nitrogens with one attached hydrogen (secondary N) is 1. The summed E-state index contributed by atoms with van der Waals surface area (Å²) in [7, 11) is -3.92. The SMILES string of the molecule is O=C(Nc1cc(C(F)(F)F)ccc1Cl)c1ccc(Cl)c(N2C(=O)CCS2(=O)=O)c1. The summed E-state index contributed by atoms with van der Waals surface area (Å²) in [6, 6.07) is 5.94. The number of anilines is 2. The Balaban J connectivity index is 1.95. The Morgan fingerprint density at radius 1 is 1.07 bits per heavy atom. The summed E-state index contributed by atoms with van der Waals surface area (Å²) < 4.78 is 63.3. The Morgan fingerprint density at radius 3 is 2.31 bits per heavy atom. The summed E-state index contributed by atoms with van der Waals surface area (Å²) in [5, 5.41) is 2.03. The average molecular weight is 467 g/mol. The lowest BCUT2D eigenvalue weighted by Crippen LogP contribution is -2.30. The zero-order chi connectivity index (χ0) is 21.6. The molecule has 1 N–H and O–H groups in total. The minimum absolute atomic E-state index is 0.0857. The van der Waals surface area contributed by atoms with Gasteiger partial charge in [-0.1, -0.05) is 23.2 Å². The van der Waals surface area contributed by atoms with Crippen molar-refractivity contribution in [3.63, 3.8) is 0 Å². The van der Waals surface area contributed by atoms with Gasteiger partial charge in [-0.15, -0.1) is 0 Å². The van der Waals surface area contributed by atoms with Crippen molar-refractivity contribution in [2.75, 3.05) is 15.4 Å². The van der Waals surface area contributed by atoms with E-state index in [0.717, 1.165) is 18.2 Å². The number of benzene rings is 2. The standard InChI is InChI=1S/C17H11Cl2F3N2O4S/c18-11-4-2-10(17(20,21)22)8-13(11)23-16(26)9-1-3-12(19)14(7-9)24-15(25)5-6-29(24,27)28/h1-4,7-8H,5-6H2,(H,23,26). The summed E-state index contributed by atoms with van der Waals surface area (Å²) in [6.45, 7) is 0. The molecule has 1 fully saturated rings. The van der Waals surface area contributed by atoms with Gasteiger partial charge >= 0.3 is 6.18 Å². The highest BCUT2D eigenvalue weighted by Gasteiger charge is 2.37. The number of alkyl halides is 3.